The van der Waals surface area contributed by atoms with Crippen LogP contribution in [-0.2, 0) is 6.42 Å². The van der Waals surface area contributed by atoms with Crippen LogP contribution in [0.5, 0.6) is 0 Å². The van der Waals surface area contributed by atoms with E-state index in [0.29, 0.717) is 0 Å². The van der Waals surface area contributed by atoms with Gasteiger partial charge < -0.3 is 0 Å². The lowest BCUT2D eigenvalue weighted by atomic mass is 9.85. The van der Waals surface area contributed by atoms with Crippen LogP contribution in [0.4, 0.5) is 0 Å². The van der Waals surface area contributed by atoms with E-state index >= 15 is 0 Å². The second-order valence-electron chi connectivity index (χ2n) is 7.66. The van der Waals surface area contributed by atoms with E-state index in [1.54, 1.807) is 10.8 Å². The highest BCUT2D eigenvalue weighted by molar-refractivity contribution is 6.89. The molecular weight excluding hydrogens is 292 g/mol. The van der Waals surface area contributed by atoms with Gasteiger partial charge >= 0.3 is 0 Å². The van der Waals surface area contributed by atoms with E-state index < -0.39 is 8.07 Å². The van der Waals surface area contributed by atoms with E-state index in [2.05, 4.69) is 43.9 Å². The maximum Gasteiger partial charge on any atom is 0.0779 e. The minimum absolute atomic E-state index is 0. The molecule has 0 N–H and O–H groups in total. The van der Waals surface area contributed by atoms with Crippen LogP contribution in [0.3, 0.4) is 0 Å². The van der Waals surface area contributed by atoms with Crippen molar-refractivity contribution in [1.29, 1.82) is 0 Å². The monoisotopic (exact) mass is 324 g/mol. The summed E-state index contributed by atoms with van der Waals surface area (Å²) in [5, 5.41) is 1.68. The standard InChI is InChI=1S/C19H32Si.ClH/c1-20(2,3)19-16-10-9-15-18(19)14-8-7-13-17-11-5-4-6-12-17;/h9-10,15-17H,4-8,11-14H2,1-3H3;1H. The molecule has 0 saturated heterocycles. The zero-order chi connectivity index (χ0) is 14.4. The minimum atomic E-state index is -1.17. The van der Waals surface area contributed by atoms with Crippen LogP contribution in [-0.4, -0.2) is 8.07 Å². The Hall–Kier alpha value is -0.273. The Morgan fingerprint density at radius 3 is 2.29 bits per heavy atom. The lowest BCUT2D eigenvalue weighted by Gasteiger charge is -2.22. The molecule has 120 valence electrons. The SMILES string of the molecule is C[Si](C)(C)c1ccccc1CCCCC1CCCCC1.Cl. The van der Waals surface area contributed by atoms with Crippen LogP contribution in [0.1, 0.15) is 56.9 Å². The lowest BCUT2D eigenvalue weighted by molar-refractivity contribution is 0.330. The van der Waals surface area contributed by atoms with Crippen LogP contribution in [0.2, 0.25) is 19.6 Å². The summed E-state index contributed by atoms with van der Waals surface area (Å²) >= 11 is 0. The van der Waals surface area contributed by atoms with Gasteiger partial charge in [-0.3, -0.25) is 0 Å². The summed E-state index contributed by atoms with van der Waals surface area (Å²) in [7, 11) is -1.17. The molecule has 1 aliphatic rings. The van der Waals surface area contributed by atoms with E-state index in [1.165, 1.54) is 57.8 Å². The van der Waals surface area contributed by atoms with Gasteiger partial charge in [0, 0.05) is 0 Å². The van der Waals surface area contributed by atoms with Crippen molar-refractivity contribution in [2.45, 2.75) is 77.4 Å². The van der Waals surface area contributed by atoms with Gasteiger partial charge in [-0.1, -0.05) is 94.0 Å². The molecule has 0 atom stereocenters. The van der Waals surface area contributed by atoms with Crippen molar-refractivity contribution in [2.24, 2.45) is 5.92 Å². The van der Waals surface area contributed by atoms with E-state index in [0.717, 1.165) is 5.92 Å². The van der Waals surface area contributed by atoms with Gasteiger partial charge in [-0.2, -0.15) is 0 Å². The molecule has 0 aliphatic heterocycles. The minimum Gasteiger partial charge on any atom is -0.147 e. The molecule has 0 spiro atoms. The lowest BCUT2D eigenvalue weighted by Crippen LogP contribution is -2.40. The van der Waals surface area contributed by atoms with Crippen molar-refractivity contribution in [3.05, 3.63) is 29.8 Å². The summed E-state index contributed by atoms with van der Waals surface area (Å²) in [6.45, 7) is 7.40. The molecule has 0 radical (unpaired) electrons. The van der Waals surface area contributed by atoms with Gasteiger partial charge in [-0.25, -0.2) is 0 Å². The molecule has 1 aromatic rings. The predicted octanol–water partition coefficient (Wildman–Crippen LogP) is 5.95. The average molecular weight is 325 g/mol. The molecule has 1 fully saturated rings. The molecule has 21 heavy (non-hydrogen) atoms. The Labute approximate surface area is 139 Å². The molecule has 0 unspecified atom stereocenters. The molecule has 2 heteroatoms. The van der Waals surface area contributed by atoms with Gasteiger partial charge in [0.15, 0.2) is 0 Å². The summed E-state index contributed by atoms with van der Waals surface area (Å²) < 4.78 is 0. The van der Waals surface area contributed by atoms with Crippen molar-refractivity contribution < 1.29 is 0 Å². The fourth-order valence-corrected chi connectivity index (χ4v) is 5.46. The van der Waals surface area contributed by atoms with Gasteiger partial charge in [0.25, 0.3) is 0 Å². The van der Waals surface area contributed by atoms with Gasteiger partial charge in [-0.15, -0.1) is 12.4 Å². The fourth-order valence-electron chi connectivity index (χ4n) is 3.69. The highest BCUT2D eigenvalue weighted by Gasteiger charge is 2.19. The zero-order valence-electron chi connectivity index (χ0n) is 14.2. The van der Waals surface area contributed by atoms with Crippen molar-refractivity contribution >= 4 is 25.7 Å². The first-order chi connectivity index (χ1) is 9.57. The van der Waals surface area contributed by atoms with E-state index in [4.69, 9.17) is 0 Å². The molecule has 0 bridgehead atoms. The first-order valence-corrected chi connectivity index (χ1v) is 12.2. The largest absolute Gasteiger partial charge is 0.147 e. The fraction of sp³-hybridized carbons (Fsp3) is 0.684. The Morgan fingerprint density at radius 2 is 1.62 bits per heavy atom. The van der Waals surface area contributed by atoms with Crippen molar-refractivity contribution in [3.63, 3.8) is 0 Å². The zero-order valence-corrected chi connectivity index (χ0v) is 16.0. The average Bonchev–Trinajstić information content (AvgIpc) is 2.44. The highest BCUT2D eigenvalue weighted by Crippen LogP contribution is 2.27. The Morgan fingerprint density at radius 1 is 0.952 bits per heavy atom. The van der Waals surface area contributed by atoms with Gasteiger partial charge in [0.05, 0.1) is 8.07 Å². The van der Waals surface area contributed by atoms with Crippen molar-refractivity contribution in [2.75, 3.05) is 0 Å². The Bertz CT molecular complexity index is 402. The Kier molecular flexibility index (Phi) is 8.05. The molecular formula is C19H33ClSi. The molecule has 1 aliphatic carbocycles. The third-order valence-corrected chi connectivity index (χ3v) is 6.96. The van der Waals surface area contributed by atoms with Crippen LogP contribution < -0.4 is 5.19 Å². The quantitative estimate of drug-likeness (QED) is 0.448. The Balaban J connectivity index is 0.00000220. The number of aryl methyl sites for hydroxylation is 1. The van der Waals surface area contributed by atoms with Crippen LogP contribution >= 0.6 is 12.4 Å². The number of halogens is 1. The molecule has 1 aromatic carbocycles. The molecule has 0 amide bonds. The van der Waals surface area contributed by atoms with Crippen LogP contribution in [0.15, 0.2) is 24.3 Å². The molecule has 0 nitrogen and oxygen atoms in total. The van der Waals surface area contributed by atoms with Gasteiger partial charge in [0.2, 0.25) is 0 Å². The first-order valence-electron chi connectivity index (χ1n) is 8.66. The molecule has 0 heterocycles. The molecule has 0 aromatic heterocycles. The number of hydrogen-bond donors (Lipinski definition) is 0. The highest BCUT2D eigenvalue weighted by atomic mass is 35.5. The predicted molar refractivity (Wildman–Crippen MR) is 101 cm³/mol. The van der Waals surface area contributed by atoms with Gasteiger partial charge in [0.1, 0.15) is 0 Å². The van der Waals surface area contributed by atoms with E-state index in [9.17, 15) is 0 Å². The summed E-state index contributed by atoms with van der Waals surface area (Å²) in [6.07, 6.45) is 13.1. The van der Waals surface area contributed by atoms with Crippen molar-refractivity contribution in [1.82, 2.24) is 0 Å². The third kappa shape index (κ3) is 6.16. The summed E-state index contributed by atoms with van der Waals surface area (Å²) in [5.41, 5.74) is 1.63. The number of rotatable bonds is 6. The number of unbranched alkanes of at least 4 members (excludes halogenated alkanes) is 1. The third-order valence-electron chi connectivity index (χ3n) is 4.86. The number of benzene rings is 1. The summed E-state index contributed by atoms with van der Waals surface area (Å²) in [6, 6.07) is 9.19. The van der Waals surface area contributed by atoms with E-state index in [1.807, 2.05) is 0 Å². The smallest absolute Gasteiger partial charge is 0.0779 e. The molecule has 1 saturated carbocycles. The summed E-state index contributed by atoms with van der Waals surface area (Å²) in [5.74, 6) is 1.05. The number of hydrogen-bond acceptors (Lipinski definition) is 0. The normalized spacial score (nSPS) is 16.5. The second-order valence-corrected chi connectivity index (χ2v) is 12.7. The second kappa shape index (κ2) is 9.00. The summed E-state index contributed by atoms with van der Waals surface area (Å²) in [4.78, 5) is 0. The van der Waals surface area contributed by atoms with E-state index in [-0.39, 0.29) is 12.4 Å². The maximum absolute atomic E-state index is 2.47. The van der Waals surface area contributed by atoms with Crippen molar-refractivity contribution in [3.8, 4) is 0 Å². The van der Waals surface area contributed by atoms with Crippen LogP contribution in [0, 0.1) is 5.92 Å². The van der Waals surface area contributed by atoms with Crippen LogP contribution in [0.25, 0.3) is 0 Å². The first kappa shape index (κ1) is 18.8. The maximum atomic E-state index is 2.47. The van der Waals surface area contributed by atoms with Gasteiger partial charge in [-0.05, 0) is 24.3 Å². The topological polar surface area (TPSA) is 0 Å². The molecule has 2 rings (SSSR count).